The van der Waals surface area contributed by atoms with Gasteiger partial charge in [-0.1, -0.05) is 0 Å². The Morgan fingerprint density at radius 1 is 1.29 bits per heavy atom. The molecule has 2 unspecified atom stereocenters. The summed E-state index contributed by atoms with van der Waals surface area (Å²) >= 11 is 0. The summed E-state index contributed by atoms with van der Waals surface area (Å²) in [6, 6.07) is 1.09. The van der Waals surface area contributed by atoms with Crippen LogP contribution in [0.4, 0.5) is 0 Å². The monoisotopic (exact) mass is 240 g/mol. The molecule has 3 fully saturated rings. The molecule has 0 amide bonds. The van der Waals surface area contributed by atoms with Gasteiger partial charge in [-0.25, -0.2) is 0 Å². The minimum absolute atomic E-state index is 0.236. The molecule has 0 aromatic heterocycles. The van der Waals surface area contributed by atoms with Crippen LogP contribution in [0.15, 0.2) is 0 Å². The Morgan fingerprint density at radius 2 is 2.18 bits per heavy atom. The van der Waals surface area contributed by atoms with Crippen LogP contribution in [-0.2, 0) is 9.47 Å². The fourth-order valence-electron chi connectivity index (χ4n) is 3.56. The van der Waals surface area contributed by atoms with E-state index in [9.17, 15) is 0 Å². The fourth-order valence-corrected chi connectivity index (χ4v) is 3.56. The van der Waals surface area contributed by atoms with Crippen molar-refractivity contribution >= 4 is 0 Å². The zero-order valence-corrected chi connectivity index (χ0v) is 10.6. The molecule has 2 heterocycles. The van der Waals surface area contributed by atoms with Gasteiger partial charge in [0.2, 0.25) is 0 Å². The van der Waals surface area contributed by atoms with Crippen molar-refractivity contribution in [2.75, 3.05) is 32.9 Å². The zero-order chi connectivity index (χ0) is 11.7. The first-order chi connectivity index (χ1) is 8.33. The third-order valence-electron chi connectivity index (χ3n) is 4.75. The molecule has 1 saturated carbocycles. The summed E-state index contributed by atoms with van der Waals surface area (Å²) in [5.41, 5.74) is 6.10. The number of nitrogens with two attached hydrogens (primary N) is 1. The van der Waals surface area contributed by atoms with Crippen molar-refractivity contribution in [2.45, 2.75) is 49.8 Å². The number of ether oxygens (including phenoxy) is 2. The van der Waals surface area contributed by atoms with E-state index in [2.05, 4.69) is 4.90 Å². The lowest BCUT2D eigenvalue weighted by Crippen LogP contribution is -2.59. The summed E-state index contributed by atoms with van der Waals surface area (Å²) in [4.78, 5) is 2.59. The van der Waals surface area contributed by atoms with Crippen molar-refractivity contribution < 1.29 is 9.47 Å². The third-order valence-corrected chi connectivity index (χ3v) is 4.75. The van der Waals surface area contributed by atoms with Gasteiger partial charge in [0.05, 0.1) is 18.8 Å². The summed E-state index contributed by atoms with van der Waals surface area (Å²) in [5.74, 6) is 0. The predicted octanol–water partition coefficient (Wildman–Crippen LogP) is 0.748. The smallest absolute Gasteiger partial charge is 0.0697 e. The second-order valence-electron chi connectivity index (χ2n) is 5.73. The van der Waals surface area contributed by atoms with Crippen LogP contribution < -0.4 is 5.73 Å². The van der Waals surface area contributed by atoms with E-state index in [4.69, 9.17) is 15.2 Å². The maximum atomic E-state index is 6.00. The summed E-state index contributed by atoms with van der Waals surface area (Å²) in [5, 5.41) is 0. The summed E-state index contributed by atoms with van der Waals surface area (Å²) in [6.07, 6.45) is 6.25. The fraction of sp³-hybridized carbons (Fsp3) is 1.00. The van der Waals surface area contributed by atoms with E-state index in [0.29, 0.717) is 18.6 Å². The molecule has 0 radical (unpaired) electrons. The second-order valence-corrected chi connectivity index (χ2v) is 5.73. The first kappa shape index (κ1) is 11.9. The van der Waals surface area contributed by atoms with Gasteiger partial charge in [-0.05, 0) is 32.1 Å². The Labute approximate surface area is 103 Å². The molecule has 0 aromatic carbocycles. The van der Waals surface area contributed by atoms with E-state index in [1.54, 1.807) is 0 Å². The van der Waals surface area contributed by atoms with E-state index in [1.807, 2.05) is 0 Å². The van der Waals surface area contributed by atoms with E-state index >= 15 is 0 Å². The van der Waals surface area contributed by atoms with Gasteiger partial charge in [0.25, 0.3) is 0 Å². The Balaban J connectivity index is 1.65. The van der Waals surface area contributed by atoms with Crippen LogP contribution in [0.2, 0.25) is 0 Å². The lowest BCUT2D eigenvalue weighted by atomic mass is 9.73. The molecule has 4 nitrogen and oxygen atoms in total. The largest absolute Gasteiger partial charge is 0.378 e. The van der Waals surface area contributed by atoms with Gasteiger partial charge in [0, 0.05) is 31.8 Å². The van der Waals surface area contributed by atoms with Crippen LogP contribution in [0.5, 0.6) is 0 Å². The number of rotatable bonds is 2. The lowest BCUT2D eigenvalue weighted by molar-refractivity contribution is -0.159. The third kappa shape index (κ3) is 2.24. The van der Waals surface area contributed by atoms with Crippen molar-refractivity contribution in [3.8, 4) is 0 Å². The molecule has 2 aliphatic heterocycles. The lowest BCUT2D eigenvalue weighted by Gasteiger charge is -2.51. The molecule has 2 N–H and O–H groups in total. The predicted molar refractivity (Wildman–Crippen MR) is 65.9 cm³/mol. The van der Waals surface area contributed by atoms with Crippen LogP contribution in [0, 0.1) is 0 Å². The van der Waals surface area contributed by atoms with E-state index < -0.39 is 0 Å². The van der Waals surface area contributed by atoms with Gasteiger partial charge in [-0.3, -0.25) is 4.90 Å². The van der Waals surface area contributed by atoms with Gasteiger partial charge >= 0.3 is 0 Å². The maximum Gasteiger partial charge on any atom is 0.0697 e. The van der Waals surface area contributed by atoms with Crippen LogP contribution in [0.1, 0.15) is 32.1 Å². The van der Waals surface area contributed by atoms with Gasteiger partial charge in [-0.2, -0.15) is 0 Å². The molecular weight excluding hydrogens is 216 g/mol. The Bertz CT molecular complexity index is 268. The van der Waals surface area contributed by atoms with Crippen LogP contribution >= 0.6 is 0 Å². The number of hydrogen-bond acceptors (Lipinski definition) is 4. The molecule has 4 heteroatoms. The second kappa shape index (κ2) is 4.84. The van der Waals surface area contributed by atoms with E-state index in [1.165, 1.54) is 25.7 Å². The van der Waals surface area contributed by atoms with Gasteiger partial charge in [-0.15, -0.1) is 0 Å². The Hall–Kier alpha value is -0.160. The van der Waals surface area contributed by atoms with Gasteiger partial charge < -0.3 is 15.2 Å². The van der Waals surface area contributed by atoms with E-state index in [0.717, 1.165) is 32.8 Å². The maximum absolute atomic E-state index is 6.00. The molecule has 98 valence electrons. The molecule has 1 aliphatic carbocycles. The number of hydrogen-bond donors (Lipinski definition) is 1. The number of nitrogens with zero attached hydrogens (tertiary/aromatic N) is 1. The van der Waals surface area contributed by atoms with Crippen molar-refractivity contribution in [1.29, 1.82) is 0 Å². The van der Waals surface area contributed by atoms with Crippen molar-refractivity contribution in [3.05, 3.63) is 0 Å². The molecule has 2 saturated heterocycles. The Kier molecular flexibility index (Phi) is 3.39. The SMILES string of the molecule is NCC1COCCN1C1CCOC2(CCC2)C1. The summed E-state index contributed by atoms with van der Waals surface area (Å²) in [6.45, 7) is 4.36. The average Bonchev–Trinajstić information content (AvgIpc) is 2.37. The highest BCUT2D eigenvalue weighted by Crippen LogP contribution is 2.43. The summed E-state index contributed by atoms with van der Waals surface area (Å²) in [7, 11) is 0. The normalized spacial score (nSPS) is 37.9. The molecule has 2 atom stereocenters. The van der Waals surface area contributed by atoms with Crippen molar-refractivity contribution in [1.82, 2.24) is 4.90 Å². The highest BCUT2D eigenvalue weighted by Gasteiger charge is 2.45. The molecule has 0 aromatic rings. The average molecular weight is 240 g/mol. The highest BCUT2D eigenvalue weighted by molar-refractivity contribution is 4.98. The zero-order valence-electron chi connectivity index (χ0n) is 10.6. The van der Waals surface area contributed by atoms with Gasteiger partial charge in [0.15, 0.2) is 0 Å². The molecule has 3 rings (SSSR count). The molecule has 3 aliphatic rings. The van der Waals surface area contributed by atoms with Crippen molar-refractivity contribution in [3.63, 3.8) is 0 Å². The minimum Gasteiger partial charge on any atom is -0.378 e. The first-order valence-corrected chi connectivity index (χ1v) is 7.00. The van der Waals surface area contributed by atoms with Gasteiger partial charge in [0.1, 0.15) is 0 Å². The standard InChI is InChI=1S/C13H24N2O2/c14-9-12-10-16-7-5-15(12)11-2-6-17-13(8-11)3-1-4-13/h11-12H,1-10,14H2. The van der Waals surface area contributed by atoms with E-state index in [-0.39, 0.29) is 5.60 Å². The molecule has 0 bridgehead atoms. The summed E-state index contributed by atoms with van der Waals surface area (Å²) < 4.78 is 11.5. The van der Waals surface area contributed by atoms with Crippen LogP contribution in [0.25, 0.3) is 0 Å². The molecule has 1 spiro atoms. The topological polar surface area (TPSA) is 47.7 Å². The van der Waals surface area contributed by atoms with Crippen LogP contribution in [0.3, 0.4) is 0 Å². The number of morpholine rings is 1. The highest BCUT2D eigenvalue weighted by atomic mass is 16.5. The van der Waals surface area contributed by atoms with Crippen molar-refractivity contribution in [2.24, 2.45) is 5.73 Å². The molecular formula is C13H24N2O2. The first-order valence-electron chi connectivity index (χ1n) is 7.00. The minimum atomic E-state index is 0.236. The molecule has 17 heavy (non-hydrogen) atoms. The van der Waals surface area contributed by atoms with Crippen LogP contribution in [-0.4, -0.2) is 55.5 Å². The Morgan fingerprint density at radius 3 is 2.88 bits per heavy atom. The quantitative estimate of drug-likeness (QED) is 0.773.